The van der Waals surface area contributed by atoms with Crippen molar-refractivity contribution >= 4 is 12.7 Å². The lowest BCUT2D eigenvalue weighted by Crippen LogP contribution is -2.12. The largest absolute Gasteiger partial charge is 0.487 e. The third kappa shape index (κ3) is 3.24. The Bertz CT molecular complexity index is 380. The highest BCUT2D eigenvalue weighted by Gasteiger charge is 2.10. The van der Waals surface area contributed by atoms with Gasteiger partial charge >= 0.3 is 7.12 Å². The molecule has 0 atom stereocenters. The summed E-state index contributed by atoms with van der Waals surface area (Å²) < 4.78 is 0. The molecule has 0 amide bonds. The summed E-state index contributed by atoms with van der Waals surface area (Å²) in [5.74, 6) is 0. The number of hydrogen-bond donors (Lipinski definition) is 2. The van der Waals surface area contributed by atoms with Crippen LogP contribution in [0.25, 0.3) is 5.57 Å². The molecule has 0 aliphatic rings. The second kappa shape index (κ2) is 5.34. The molecule has 3 heteroatoms. The number of hydrogen-bond acceptors (Lipinski definition) is 2. The molecule has 0 unspecified atom stereocenters. The average molecular weight is 200 g/mol. The fraction of sp³-hybridized carbons (Fsp3) is 0. The lowest BCUT2D eigenvalue weighted by atomic mass is 9.79. The first-order valence-corrected chi connectivity index (χ1v) is 4.59. The predicted octanol–water partition coefficient (Wildman–Crippen LogP) is 1.82. The van der Waals surface area contributed by atoms with E-state index in [-0.39, 0.29) is 5.47 Å². The Morgan fingerprint density at radius 2 is 1.80 bits per heavy atom. The first-order chi connectivity index (χ1) is 7.15. The number of rotatable bonds is 4. The first kappa shape index (κ1) is 11.5. The monoisotopic (exact) mass is 200 g/mol. The normalized spacial score (nSPS) is 10.9. The maximum Gasteiger partial charge on any atom is 0.487 e. The average Bonchev–Trinajstić information content (AvgIpc) is 2.26. The molecule has 0 aliphatic carbocycles. The van der Waals surface area contributed by atoms with E-state index < -0.39 is 7.12 Å². The summed E-state index contributed by atoms with van der Waals surface area (Å²) in [6, 6.07) is 9.57. The van der Waals surface area contributed by atoms with Gasteiger partial charge < -0.3 is 10.0 Å². The van der Waals surface area contributed by atoms with Crippen molar-refractivity contribution in [3.63, 3.8) is 0 Å². The zero-order valence-corrected chi connectivity index (χ0v) is 8.43. The first-order valence-electron chi connectivity index (χ1n) is 4.59. The van der Waals surface area contributed by atoms with Crippen LogP contribution in [0.5, 0.6) is 0 Å². The molecule has 15 heavy (non-hydrogen) atoms. The summed E-state index contributed by atoms with van der Waals surface area (Å²) in [5.41, 5.74) is 2.02. The maximum absolute atomic E-state index is 8.89. The van der Waals surface area contributed by atoms with Crippen molar-refractivity contribution in [2.45, 2.75) is 0 Å². The van der Waals surface area contributed by atoms with Crippen molar-refractivity contribution in [2.24, 2.45) is 0 Å². The van der Waals surface area contributed by atoms with Gasteiger partial charge in [-0.05, 0) is 16.6 Å². The van der Waals surface area contributed by atoms with Crippen molar-refractivity contribution in [2.75, 3.05) is 0 Å². The molecule has 0 saturated heterocycles. The molecule has 0 spiro atoms. The van der Waals surface area contributed by atoms with Gasteiger partial charge in [-0.3, -0.25) is 0 Å². The molecule has 0 aliphatic heterocycles. The molecule has 2 N–H and O–H groups in total. The zero-order valence-electron chi connectivity index (χ0n) is 8.43. The number of benzene rings is 1. The lowest BCUT2D eigenvalue weighted by Gasteiger charge is -2.03. The molecule has 76 valence electrons. The van der Waals surface area contributed by atoms with E-state index in [0.717, 1.165) is 11.1 Å². The van der Waals surface area contributed by atoms with Crippen LogP contribution in [-0.2, 0) is 0 Å². The van der Waals surface area contributed by atoms with Gasteiger partial charge in [0.15, 0.2) is 0 Å². The minimum atomic E-state index is -1.52. The predicted molar refractivity (Wildman–Crippen MR) is 63.9 cm³/mol. The molecule has 0 radical (unpaired) electrons. The minimum Gasteiger partial charge on any atom is -0.423 e. The molecule has 0 aromatic heterocycles. The van der Waals surface area contributed by atoms with Crippen molar-refractivity contribution < 1.29 is 10.0 Å². The molecule has 1 aromatic carbocycles. The molecule has 0 heterocycles. The highest BCUT2D eigenvalue weighted by molar-refractivity contribution is 6.51. The highest BCUT2D eigenvalue weighted by Crippen LogP contribution is 2.16. The van der Waals surface area contributed by atoms with Gasteiger partial charge in [-0.25, -0.2) is 0 Å². The van der Waals surface area contributed by atoms with Crippen LogP contribution in [0.15, 0.2) is 61.1 Å². The van der Waals surface area contributed by atoms with Crippen molar-refractivity contribution in [1.29, 1.82) is 0 Å². The van der Waals surface area contributed by atoms with Gasteiger partial charge in [-0.1, -0.05) is 55.6 Å². The Morgan fingerprint density at radius 3 is 2.27 bits per heavy atom. The van der Waals surface area contributed by atoms with Gasteiger partial charge in [-0.2, -0.15) is 0 Å². The van der Waals surface area contributed by atoms with Gasteiger partial charge in [-0.15, -0.1) is 0 Å². The van der Waals surface area contributed by atoms with E-state index in [2.05, 4.69) is 13.2 Å². The molecule has 0 fully saturated rings. The van der Waals surface area contributed by atoms with Crippen LogP contribution in [-0.4, -0.2) is 17.2 Å². The quantitative estimate of drug-likeness (QED) is 0.574. The molecule has 1 rings (SSSR count). The SMILES string of the molecule is C=C/C(=C\C(=C)B(O)O)c1ccccc1. The Hall–Kier alpha value is -1.58. The van der Waals surface area contributed by atoms with E-state index in [0.29, 0.717) is 0 Å². The lowest BCUT2D eigenvalue weighted by molar-refractivity contribution is 0.421. The van der Waals surface area contributed by atoms with Gasteiger partial charge in [0.25, 0.3) is 0 Å². The molecular formula is C12H13BO2. The summed E-state index contributed by atoms with van der Waals surface area (Å²) in [7, 11) is -1.52. The van der Waals surface area contributed by atoms with Crippen LogP contribution in [0.4, 0.5) is 0 Å². The Morgan fingerprint density at radius 1 is 1.20 bits per heavy atom. The van der Waals surface area contributed by atoms with Crippen LogP contribution < -0.4 is 0 Å². The Balaban J connectivity index is 3.00. The van der Waals surface area contributed by atoms with Gasteiger partial charge in [0.05, 0.1) is 0 Å². The van der Waals surface area contributed by atoms with E-state index in [1.807, 2.05) is 30.3 Å². The third-order valence-electron chi connectivity index (χ3n) is 2.00. The number of allylic oxidation sites excluding steroid dienone is 4. The summed E-state index contributed by atoms with van der Waals surface area (Å²) in [6.07, 6.45) is 3.26. The molecule has 0 bridgehead atoms. The van der Waals surface area contributed by atoms with Crippen molar-refractivity contribution in [3.8, 4) is 0 Å². The molecule has 1 aromatic rings. The third-order valence-corrected chi connectivity index (χ3v) is 2.00. The fourth-order valence-electron chi connectivity index (χ4n) is 1.16. The summed E-state index contributed by atoms with van der Waals surface area (Å²) >= 11 is 0. The van der Waals surface area contributed by atoms with E-state index in [1.165, 1.54) is 0 Å². The smallest absolute Gasteiger partial charge is 0.423 e. The van der Waals surface area contributed by atoms with E-state index in [1.54, 1.807) is 12.2 Å². The zero-order chi connectivity index (χ0) is 11.3. The second-order valence-electron chi connectivity index (χ2n) is 3.12. The highest BCUT2D eigenvalue weighted by atomic mass is 16.4. The second-order valence-corrected chi connectivity index (χ2v) is 3.12. The fourth-order valence-corrected chi connectivity index (χ4v) is 1.16. The summed E-state index contributed by atoms with van der Waals surface area (Å²) in [4.78, 5) is 0. The van der Waals surface area contributed by atoms with Crippen LogP contribution in [0.3, 0.4) is 0 Å². The van der Waals surface area contributed by atoms with Gasteiger partial charge in [0.1, 0.15) is 0 Å². The van der Waals surface area contributed by atoms with Crippen LogP contribution in [0.2, 0.25) is 0 Å². The molecule has 2 nitrogen and oxygen atoms in total. The summed E-state index contributed by atoms with van der Waals surface area (Å²) in [6.45, 7) is 7.22. The Labute approximate surface area is 90.0 Å². The summed E-state index contributed by atoms with van der Waals surface area (Å²) in [5, 5.41) is 17.8. The van der Waals surface area contributed by atoms with E-state index >= 15 is 0 Å². The molecule has 0 saturated carbocycles. The van der Waals surface area contributed by atoms with Crippen molar-refractivity contribution in [1.82, 2.24) is 0 Å². The van der Waals surface area contributed by atoms with Crippen LogP contribution in [0, 0.1) is 0 Å². The Kier molecular flexibility index (Phi) is 4.09. The minimum absolute atomic E-state index is 0.244. The van der Waals surface area contributed by atoms with Crippen LogP contribution in [0.1, 0.15) is 5.56 Å². The maximum atomic E-state index is 8.89. The van der Waals surface area contributed by atoms with Gasteiger partial charge in [0.2, 0.25) is 0 Å². The van der Waals surface area contributed by atoms with Crippen molar-refractivity contribution in [3.05, 3.63) is 66.7 Å². The standard InChI is InChI=1S/C12H13BO2/c1-3-11(9-10(2)13(14)15)12-7-5-4-6-8-12/h3-9,14-15H,1-2H2/b11-9+. The van der Waals surface area contributed by atoms with E-state index in [4.69, 9.17) is 10.0 Å². The molecular weight excluding hydrogens is 187 g/mol. The van der Waals surface area contributed by atoms with Crippen LogP contribution >= 0.6 is 0 Å². The van der Waals surface area contributed by atoms with Gasteiger partial charge in [0, 0.05) is 0 Å². The van der Waals surface area contributed by atoms with E-state index in [9.17, 15) is 0 Å². The topological polar surface area (TPSA) is 40.5 Å².